The lowest BCUT2D eigenvalue weighted by Gasteiger charge is -2.11. The van der Waals surface area contributed by atoms with E-state index in [-0.39, 0.29) is 5.56 Å². The van der Waals surface area contributed by atoms with E-state index in [1.807, 2.05) is 59.4 Å². The van der Waals surface area contributed by atoms with Crippen molar-refractivity contribution in [2.24, 2.45) is 0 Å². The number of rotatable bonds is 3. The summed E-state index contributed by atoms with van der Waals surface area (Å²) >= 11 is 1.57. The van der Waals surface area contributed by atoms with E-state index in [4.69, 9.17) is 0 Å². The summed E-state index contributed by atoms with van der Waals surface area (Å²) in [7, 11) is 0. The largest absolute Gasteiger partial charge is 0.282 e. The highest BCUT2D eigenvalue weighted by Crippen LogP contribution is 2.25. The van der Waals surface area contributed by atoms with Gasteiger partial charge in [-0.15, -0.1) is 0 Å². The third kappa shape index (κ3) is 2.66. The molecular weight excluding hydrogens is 318 g/mol. The van der Waals surface area contributed by atoms with Crippen molar-refractivity contribution < 1.29 is 0 Å². The van der Waals surface area contributed by atoms with Crippen molar-refractivity contribution in [1.82, 2.24) is 14.5 Å². The molecule has 5 heteroatoms. The van der Waals surface area contributed by atoms with E-state index in [1.54, 1.807) is 34.5 Å². The lowest BCUT2D eigenvalue weighted by atomic mass is 10.1. The Kier molecular flexibility index (Phi) is 3.76. The van der Waals surface area contributed by atoms with Gasteiger partial charge in [0.2, 0.25) is 0 Å². The lowest BCUT2D eigenvalue weighted by molar-refractivity contribution is 0.981. The maximum absolute atomic E-state index is 13.0. The molecule has 4 aromatic rings. The van der Waals surface area contributed by atoms with E-state index in [9.17, 15) is 4.79 Å². The summed E-state index contributed by atoms with van der Waals surface area (Å²) in [5.74, 6) is 0. The van der Waals surface area contributed by atoms with Gasteiger partial charge < -0.3 is 0 Å². The van der Waals surface area contributed by atoms with Crippen molar-refractivity contribution in [1.29, 1.82) is 0 Å². The monoisotopic (exact) mass is 331 g/mol. The summed E-state index contributed by atoms with van der Waals surface area (Å²) in [6.45, 7) is 0. The first-order chi connectivity index (χ1) is 11.8. The zero-order valence-electron chi connectivity index (χ0n) is 12.7. The molecule has 0 saturated heterocycles. The van der Waals surface area contributed by atoms with Gasteiger partial charge in [-0.05, 0) is 52.7 Å². The van der Waals surface area contributed by atoms with Crippen LogP contribution in [0.1, 0.15) is 0 Å². The number of hydrogen-bond acceptors (Lipinski definition) is 4. The van der Waals surface area contributed by atoms with Crippen molar-refractivity contribution in [2.45, 2.75) is 0 Å². The zero-order chi connectivity index (χ0) is 16.4. The van der Waals surface area contributed by atoms with Crippen LogP contribution in [0, 0.1) is 0 Å². The van der Waals surface area contributed by atoms with Crippen LogP contribution in [0.25, 0.3) is 28.1 Å². The fourth-order valence-corrected chi connectivity index (χ4v) is 3.22. The van der Waals surface area contributed by atoms with Crippen LogP contribution in [0.4, 0.5) is 0 Å². The van der Waals surface area contributed by atoms with Crippen LogP contribution in [0.2, 0.25) is 0 Å². The SMILES string of the molecule is O=c1c(-c2ccsc2)cc(-c2ccccn2)cn1-c1cccnc1. The molecule has 0 bridgehead atoms. The number of hydrogen-bond donors (Lipinski definition) is 0. The quantitative estimate of drug-likeness (QED) is 0.569. The van der Waals surface area contributed by atoms with Crippen molar-refractivity contribution in [3.05, 3.63) is 88.4 Å². The Balaban J connectivity index is 2.00. The van der Waals surface area contributed by atoms with E-state index >= 15 is 0 Å². The van der Waals surface area contributed by atoms with E-state index < -0.39 is 0 Å². The van der Waals surface area contributed by atoms with Gasteiger partial charge in [0, 0.05) is 29.7 Å². The maximum Gasteiger partial charge on any atom is 0.263 e. The lowest BCUT2D eigenvalue weighted by Crippen LogP contribution is -2.20. The topological polar surface area (TPSA) is 47.8 Å². The van der Waals surface area contributed by atoms with Gasteiger partial charge in [-0.2, -0.15) is 11.3 Å². The van der Waals surface area contributed by atoms with Gasteiger partial charge in [0.15, 0.2) is 0 Å². The summed E-state index contributed by atoms with van der Waals surface area (Å²) in [5.41, 5.74) is 3.95. The average Bonchev–Trinajstić information content (AvgIpc) is 3.18. The van der Waals surface area contributed by atoms with Crippen LogP contribution in [-0.4, -0.2) is 14.5 Å². The molecule has 4 nitrogen and oxygen atoms in total. The van der Waals surface area contributed by atoms with Crippen LogP contribution < -0.4 is 5.56 Å². The smallest absolute Gasteiger partial charge is 0.263 e. The summed E-state index contributed by atoms with van der Waals surface area (Å²) in [6, 6.07) is 13.3. The summed E-state index contributed by atoms with van der Waals surface area (Å²) in [4.78, 5) is 21.5. The van der Waals surface area contributed by atoms with E-state index in [2.05, 4.69) is 9.97 Å². The Morgan fingerprint density at radius 3 is 2.67 bits per heavy atom. The van der Waals surface area contributed by atoms with Gasteiger partial charge in [-0.1, -0.05) is 6.07 Å². The van der Waals surface area contributed by atoms with E-state index in [1.165, 1.54) is 0 Å². The molecule has 0 aliphatic rings. The molecule has 0 amide bonds. The summed E-state index contributed by atoms with van der Waals surface area (Å²) < 4.78 is 1.63. The van der Waals surface area contributed by atoms with E-state index in [0.29, 0.717) is 5.56 Å². The van der Waals surface area contributed by atoms with Gasteiger partial charge in [-0.25, -0.2) is 0 Å². The predicted molar refractivity (Wildman–Crippen MR) is 96.4 cm³/mol. The molecule has 0 unspecified atom stereocenters. The Hall–Kier alpha value is -3.05. The van der Waals surface area contributed by atoms with Gasteiger partial charge in [0.1, 0.15) is 0 Å². The molecule has 0 atom stereocenters. The Bertz CT molecular complexity index is 1010. The molecular formula is C19H13N3OS. The molecule has 4 aromatic heterocycles. The normalized spacial score (nSPS) is 10.7. The molecule has 116 valence electrons. The number of thiophene rings is 1. The molecule has 4 heterocycles. The van der Waals surface area contributed by atoms with Crippen LogP contribution in [0.3, 0.4) is 0 Å². The second-order valence-corrected chi connectivity index (χ2v) is 6.04. The number of aromatic nitrogens is 3. The predicted octanol–water partition coefficient (Wildman–Crippen LogP) is 4.02. The van der Waals surface area contributed by atoms with Crippen LogP contribution >= 0.6 is 11.3 Å². The summed E-state index contributed by atoms with van der Waals surface area (Å²) in [5, 5.41) is 3.95. The fraction of sp³-hybridized carbons (Fsp3) is 0. The number of pyridine rings is 3. The molecule has 0 aliphatic carbocycles. The molecule has 0 radical (unpaired) electrons. The maximum atomic E-state index is 13.0. The standard InChI is InChI=1S/C19H13N3OS/c23-19-17(14-6-9-24-13-14)10-15(18-5-1-2-8-21-18)12-22(19)16-4-3-7-20-11-16/h1-13H. The highest BCUT2D eigenvalue weighted by Gasteiger charge is 2.12. The second kappa shape index (κ2) is 6.22. The van der Waals surface area contributed by atoms with E-state index in [0.717, 1.165) is 22.5 Å². The molecule has 24 heavy (non-hydrogen) atoms. The Morgan fingerprint density at radius 1 is 1.00 bits per heavy atom. The van der Waals surface area contributed by atoms with Crippen molar-refractivity contribution in [3.8, 4) is 28.1 Å². The molecule has 0 aromatic carbocycles. The molecule has 0 spiro atoms. The molecule has 0 fully saturated rings. The third-order valence-electron chi connectivity index (χ3n) is 3.73. The molecule has 4 rings (SSSR count). The molecule has 0 N–H and O–H groups in total. The van der Waals surface area contributed by atoms with Crippen LogP contribution in [-0.2, 0) is 0 Å². The van der Waals surface area contributed by atoms with Crippen molar-refractivity contribution in [2.75, 3.05) is 0 Å². The summed E-state index contributed by atoms with van der Waals surface area (Å²) in [6.07, 6.45) is 6.94. The first-order valence-electron chi connectivity index (χ1n) is 7.44. The Morgan fingerprint density at radius 2 is 1.96 bits per heavy atom. The average molecular weight is 331 g/mol. The Labute approximate surface area is 142 Å². The first-order valence-corrected chi connectivity index (χ1v) is 8.38. The second-order valence-electron chi connectivity index (χ2n) is 5.26. The highest BCUT2D eigenvalue weighted by atomic mass is 32.1. The van der Waals surface area contributed by atoms with Gasteiger partial charge in [0.05, 0.1) is 17.6 Å². The third-order valence-corrected chi connectivity index (χ3v) is 4.42. The molecule has 0 saturated carbocycles. The minimum absolute atomic E-state index is 0.0684. The van der Waals surface area contributed by atoms with Crippen LogP contribution in [0.15, 0.2) is 82.8 Å². The van der Waals surface area contributed by atoms with Gasteiger partial charge in [0.25, 0.3) is 5.56 Å². The zero-order valence-corrected chi connectivity index (χ0v) is 13.5. The fourth-order valence-electron chi connectivity index (χ4n) is 2.57. The minimum Gasteiger partial charge on any atom is -0.282 e. The first kappa shape index (κ1) is 14.5. The van der Waals surface area contributed by atoms with Gasteiger partial charge in [-0.3, -0.25) is 19.3 Å². The van der Waals surface area contributed by atoms with Crippen molar-refractivity contribution in [3.63, 3.8) is 0 Å². The minimum atomic E-state index is -0.0684. The number of nitrogens with zero attached hydrogens (tertiary/aromatic N) is 3. The van der Waals surface area contributed by atoms with Gasteiger partial charge >= 0.3 is 0 Å². The van der Waals surface area contributed by atoms with Crippen molar-refractivity contribution >= 4 is 11.3 Å². The highest BCUT2D eigenvalue weighted by molar-refractivity contribution is 7.08. The molecule has 0 aliphatic heterocycles. The van der Waals surface area contributed by atoms with Crippen LogP contribution in [0.5, 0.6) is 0 Å².